The number of esters is 1. The third-order valence-corrected chi connectivity index (χ3v) is 7.19. The normalized spacial score (nSPS) is 17.1. The van der Waals surface area contributed by atoms with Crippen LogP contribution in [0.25, 0.3) is 10.9 Å². The van der Waals surface area contributed by atoms with Gasteiger partial charge in [-0.25, -0.2) is 0 Å². The number of piperidine rings is 1. The molecule has 0 spiro atoms. The molecule has 1 aromatic heterocycles. The third-order valence-electron chi connectivity index (χ3n) is 7.19. The molecule has 1 saturated heterocycles. The molecular weight excluding hydrogens is 444 g/mol. The third kappa shape index (κ3) is 9.61. The highest BCUT2D eigenvalue weighted by atomic mass is 16.5. The van der Waals surface area contributed by atoms with Gasteiger partial charge in [0, 0.05) is 27.6 Å². The summed E-state index contributed by atoms with van der Waals surface area (Å²) in [5.74, 6) is 0.672. The quantitative estimate of drug-likeness (QED) is 0.110. The number of aromatic amines is 1. The molecule has 0 unspecified atom stereocenters. The van der Waals surface area contributed by atoms with E-state index in [0.717, 1.165) is 61.4 Å². The Morgan fingerprint density at radius 2 is 1.75 bits per heavy atom. The molecule has 4 heteroatoms. The molecule has 1 aromatic carbocycles. The van der Waals surface area contributed by atoms with Gasteiger partial charge in [-0.1, -0.05) is 69.4 Å². The van der Waals surface area contributed by atoms with Crippen molar-refractivity contribution in [3.63, 3.8) is 0 Å². The molecule has 1 fully saturated rings. The van der Waals surface area contributed by atoms with Crippen LogP contribution in [0.4, 0.5) is 0 Å². The van der Waals surface area contributed by atoms with Crippen molar-refractivity contribution >= 4 is 16.9 Å². The van der Waals surface area contributed by atoms with Crippen LogP contribution in [0.5, 0.6) is 5.75 Å². The van der Waals surface area contributed by atoms with Gasteiger partial charge in [0.1, 0.15) is 5.75 Å². The molecule has 0 saturated carbocycles. The van der Waals surface area contributed by atoms with Crippen molar-refractivity contribution in [2.75, 3.05) is 20.1 Å². The summed E-state index contributed by atoms with van der Waals surface area (Å²) >= 11 is 0. The molecule has 3 rings (SSSR count). The molecule has 36 heavy (non-hydrogen) atoms. The van der Waals surface area contributed by atoms with Crippen molar-refractivity contribution in [3.05, 3.63) is 54.3 Å². The average Bonchev–Trinajstić information content (AvgIpc) is 3.36. The van der Waals surface area contributed by atoms with Gasteiger partial charge in [0.25, 0.3) is 0 Å². The van der Waals surface area contributed by atoms with Gasteiger partial charge in [-0.3, -0.25) is 4.79 Å². The number of rotatable bonds is 16. The number of fused-ring (bicyclic) bond motifs is 1. The number of carbonyl (C=O) groups is 1. The summed E-state index contributed by atoms with van der Waals surface area (Å²) in [4.78, 5) is 17.5. The first-order chi connectivity index (χ1) is 18.9. The van der Waals surface area contributed by atoms with E-state index in [1.54, 1.807) is 4.90 Å². The van der Waals surface area contributed by atoms with Crippen LogP contribution in [0.1, 0.15) is 112 Å². The van der Waals surface area contributed by atoms with Crippen LogP contribution in [0.3, 0.4) is 0 Å². The molecule has 1 aliphatic heterocycles. The minimum Gasteiger partial charge on any atom is -0.426 e. The van der Waals surface area contributed by atoms with Crippen molar-refractivity contribution in [2.24, 2.45) is 0 Å². The second kappa shape index (κ2) is 16.4. The summed E-state index contributed by atoms with van der Waals surface area (Å²) < 4.78 is 28.8. The van der Waals surface area contributed by atoms with Crippen LogP contribution in [-0.2, 0) is 4.79 Å². The number of benzene rings is 1. The minimum absolute atomic E-state index is 0.183. The van der Waals surface area contributed by atoms with E-state index in [9.17, 15) is 4.79 Å². The summed E-state index contributed by atoms with van der Waals surface area (Å²) in [6.07, 6.45) is 25.8. The number of ether oxygens (including phenoxy) is 1. The summed E-state index contributed by atoms with van der Waals surface area (Å²) in [5.41, 5.74) is 2.07. The Kier molecular flexibility index (Phi) is 11.0. The van der Waals surface area contributed by atoms with Gasteiger partial charge >= 0.3 is 5.97 Å². The van der Waals surface area contributed by atoms with Crippen LogP contribution in [0.2, 0.25) is 0 Å². The number of hydrogen-bond acceptors (Lipinski definition) is 3. The van der Waals surface area contributed by atoms with Gasteiger partial charge in [-0.05, 0) is 95.0 Å². The maximum Gasteiger partial charge on any atom is 0.311 e. The van der Waals surface area contributed by atoms with Crippen LogP contribution in [0.15, 0.2) is 48.7 Å². The van der Waals surface area contributed by atoms with E-state index in [4.69, 9.17) is 8.85 Å². The van der Waals surface area contributed by atoms with Gasteiger partial charge < -0.3 is 14.6 Å². The first-order valence-electron chi connectivity index (χ1n) is 15.8. The summed E-state index contributed by atoms with van der Waals surface area (Å²) in [6, 6.07) is 5.76. The fraction of sp³-hybridized carbons (Fsp3) is 0.594. The van der Waals surface area contributed by atoms with Crippen molar-refractivity contribution in [2.45, 2.75) is 103 Å². The molecule has 0 aliphatic carbocycles. The van der Waals surface area contributed by atoms with Gasteiger partial charge in [-0.15, -0.1) is 0 Å². The number of unbranched alkanes of at least 4 members (excludes halogenated alkanes) is 8. The fourth-order valence-corrected chi connectivity index (χ4v) is 5.03. The lowest BCUT2D eigenvalue weighted by molar-refractivity contribution is -0.134. The van der Waals surface area contributed by atoms with Crippen LogP contribution >= 0.6 is 0 Å². The van der Waals surface area contributed by atoms with E-state index in [-0.39, 0.29) is 11.9 Å². The molecule has 2 aromatic rings. The number of H-pyrrole nitrogens is 1. The number of nitrogens with zero attached hydrogens (tertiary/aromatic N) is 1. The second-order valence-corrected chi connectivity index (χ2v) is 10.1. The summed E-state index contributed by atoms with van der Waals surface area (Å²) in [7, 11) is 0. The van der Waals surface area contributed by atoms with E-state index < -0.39 is 6.98 Å². The molecule has 0 bridgehead atoms. The Morgan fingerprint density at radius 1 is 1.03 bits per heavy atom. The average molecular weight is 496 g/mol. The van der Waals surface area contributed by atoms with Crippen molar-refractivity contribution < 1.29 is 13.6 Å². The molecule has 1 aliphatic rings. The number of aromatic nitrogens is 1. The van der Waals surface area contributed by atoms with Crippen molar-refractivity contribution in [1.82, 2.24) is 9.88 Å². The predicted molar refractivity (Wildman–Crippen MR) is 153 cm³/mol. The molecule has 0 amide bonds. The number of likely N-dealkylation sites (tertiary alicyclic amines) is 1. The minimum atomic E-state index is -2.03. The maximum absolute atomic E-state index is 12.6. The highest BCUT2D eigenvalue weighted by molar-refractivity contribution is 5.91. The predicted octanol–water partition coefficient (Wildman–Crippen LogP) is 8.70. The number of hydrogen-bond donors (Lipinski definition) is 1. The molecule has 1 N–H and O–H groups in total. The molecule has 198 valence electrons. The first-order valence-corrected chi connectivity index (χ1v) is 14.3. The monoisotopic (exact) mass is 495 g/mol. The van der Waals surface area contributed by atoms with Gasteiger partial charge in [0.05, 0.1) is 0 Å². The van der Waals surface area contributed by atoms with Gasteiger partial charge in [0.2, 0.25) is 0 Å². The number of allylic oxidation sites excluding steroid dienone is 4. The van der Waals surface area contributed by atoms with E-state index in [2.05, 4.69) is 36.2 Å². The van der Waals surface area contributed by atoms with E-state index in [0.29, 0.717) is 25.3 Å². The molecule has 2 heterocycles. The maximum atomic E-state index is 12.6. The Hall–Kier alpha value is -2.33. The van der Waals surface area contributed by atoms with Crippen molar-refractivity contribution in [1.29, 1.82) is 0 Å². The Balaban J connectivity index is 1.34. The zero-order valence-corrected chi connectivity index (χ0v) is 22.3. The second-order valence-electron chi connectivity index (χ2n) is 10.1. The lowest BCUT2D eigenvalue weighted by atomic mass is 9.89. The largest absolute Gasteiger partial charge is 0.426 e. The Labute approximate surface area is 223 Å². The molecular formula is C32H48N2O2. The molecule has 0 atom stereocenters. The topological polar surface area (TPSA) is 45.3 Å². The summed E-state index contributed by atoms with van der Waals surface area (Å²) in [6.45, 7) is 1.29. The van der Waals surface area contributed by atoms with Crippen LogP contribution in [0, 0.1) is 0 Å². The van der Waals surface area contributed by atoms with E-state index in [1.165, 1.54) is 38.5 Å². The SMILES string of the molecule is [2H]C([2H])([2H])N1CCC(c2c[nH]c3cccc(OC(=O)CCCCCCC/C=C\C/C=C\CCCCC)c23)CC1. The first kappa shape index (κ1) is 24.0. The van der Waals surface area contributed by atoms with E-state index in [1.807, 2.05) is 24.4 Å². The van der Waals surface area contributed by atoms with Gasteiger partial charge in [0.15, 0.2) is 0 Å². The highest BCUT2D eigenvalue weighted by Crippen LogP contribution is 2.37. The lowest BCUT2D eigenvalue weighted by Gasteiger charge is -2.29. The zero-order chi connectivity index (χ0) is 27.9. The molecule has 0 radical (unpaired) electrons. The Bertz CT molecular complexity index is 1050. The lowest BCUT2D eigenvalue weighted by Crippen LogP contribution is -2.29. The Morgan fingerprint density at radius 3 is 2.50 bits per heavy atom. The van der Waals surface area contributed by atoms with Crippen LogP contribution in [-0.4, -0.2) is 35.9 Å². The summed E-state index contributed by atoms with van der Waals surface area (Å²) in [5, 5.41) is 0.957. The smallest absolute Gasteiger partial charge is 0.311 e. The fourth-order valence-electron chi connectivity index (χ4n) is 5.03. The zero-order valence-electron chi connectivity index (χ0n) is 25.3. The van der Waals surface area contributed by atoms with Gasteiger partial charge in [-0.2, -0.15) is 0 Å². The highest BCUT2D eigenvalue weighted by Gasteiger charge is 2.23. The van der Waals surface area contributed by atoms with Crippen molar-refractivity contribution in [3.8, 4) is 5.75 Å². The number of carbonyl (C=O) groups excluding carboxylic acids is 1. The van der Waals surface area contributed by atoms with E-state index >= 15 is 0 Å². The standard InChI is InChI=1S/C32H48N2O2/c1-3-4-5-6-7-8-9-10-11-12-13-14-15-16-17-21-31(35)36-30-20-18-19-29-32(30)28(26-33-29)27-22-24-34(2)25-23-27/h7-8,10-11,18-20,26-27,33H,3-6,9,12-17,21-25H2,1-2H3/b8-7-,11-10-/i2D3. The number of nitrogens with one attached hydrogen (secondary N) is 1. The van der Waals surface area contributed by atoms with Crippen LogP contribution < -0.4 is 4.74 Å². The molecule has 4 nitrogen and oxygen atoms in total.